The molecule has 4 aromatic rings. The molecule has 1 aliphatic carbocycles. The van der Waals surface area contributed by atoms with Crippen molar-refractivity contribution in [3.63, 3.8) is 0 Å². The maximum absolute atomic E-state index is 14.3. The number of methoxy groups -OCH3 is 1. The fraction of sp³-hybridized carbons (Fsp3) is 0.406. The smallest absolute Gasteiger partial charge is 0.253 e. The number of carbonyl (C=O) groups is 1. The van der Waals surface area contributed by atoms with Gasteiger partial charge in [-0.25, -0.2) is 13.8 Å². The molecule has 1 saturated carbocycles. The van der Waals surface area contributed by atoms with Crippen LogP contribution in [-0.4, -0.2) is 33.2 Å². The molecule has 0 N–H and O–H groups in total. The highest BCUT2D eigenvalue weighted by atomic mass is 19.2. The lowest BCUT2D eigenvalue weighted by atomic mass is 9.91. The summed E-state index contributed by atoms with van der Waals surface area (Å²) >= 11 is 0. The summed E-state index contributed by atoms with van der Waals surface area (Å²) in [5.74, 6) is -1.30. The van der Waals surface area contributed by atoms with Gasteiger partial charge in [-0.2, -0.15) is 0 Å². The van der Waals surface area contributed by atoms with Gasteiger partial charge in [-0.1, -0.05) is 6.07 Å². The number of rotatable bonds is 5. The summed E-state index contributed by atoms with van der Waals surface area (Å²) < 4.78 is 37.6. The van der Waals surface area contributed by atoms with Gasteiger partial charge in [-0.3, -0.25) is 9.59 Å². The summed E-state index contributed by atoms with van der Waals surface area (Å²) in [7, 11) is 3.49. The second-order valence-corrected chi connectivity index (χ2v) is 11.3. The first-order chi connectivity index (χ1) is 19.7. The van der Waals surface area contributed by atoms with Crippen molar-refractivity contribution in [3.05, 3.63) is 82.0 Å². The summed E-state index contributed by atoms with van der Waals surface area (Å²) in [4.78, 5) is 32.4. The molecule has 0 bridgehead atoms. The van der Waals surface area contributed by atoms with Crippen molar-refractivity contribution in [2.75, 3.05) is 12.0 Å². The Labute approximate surface area is 237 Å². The first-order valence-electron chi connectivity index (χ1n) is 14.2. The molecular formula is C32H34F2N4O3. The van der Waals surface area contributed by atoms with E-state index in [2.05, 4.69) is 10.6 Å². The Morgan fingerprint density at radius 2 is 1.71 bits per heavy atom. The Morgan fingerprint density at radius 3 is 2.41 bits per heavy atom. The fourth-order valence-corrected chi connectivity index (χ4v) is 6.56. The number of fused-ring (bicyclic) bond motifs is 1. The number of anilines is 1. The number of hydrogen-bond donors (Lipinski definition) is 0. The fourth-order valence-electron chi connectivity index (χ4n) is 6.56. The third-order valence-electron chi connectivity index (χ3n) is 8.68. The first-order valence-corrected chi connectivity index (χ1v) is 14.2. The molecule has 0 spiro atoms. The van der Waals surface area contributed by atoms with E-state index in [1.54, 1.807) is 30.5 Å². The van der Waals surface area contributed by atoms with Crippen LogP contribution >= 0.6 is 0 Å². The van der Waals surface area contributed by atoms with Crippen LogP contribution in [0.1, 0.15) is 68.4 Å². The lowest BCUT2D eigenvalue weighted by molar-refractivity contribution is -0.120. The van der Waals surface area contributed by atoms with E-state index >= 15 is 0 Å². The molecule has 2 aromatic heterocycles. The average molecular weight is 561 g/mol. The Kier molecular flexibility index (Phi) is 7.23. The predicted octanol–water partition coefficient (Wildman–Crippen LogP) is 6.38. The van der Waals surface area contributed by atoms with Gasteiger partial charge in [0.2, 0.25) is 5.91 Å². The maximum atomic E-state index is 14.3. The largest absolute Gasteiger partial charge is 0.381 e. The zero-order chi connectivity index (χ0) is 28.8. The van der Waals surface area contributed by atoms with E-state index in [4.69, 9.17) is 9.72 Å². The van der Waals surface area contributed by atoms with E-state index < -0.39 is 17.7 Å². The molecule has 2 aliphatic rings. The molecule has 41 heavy (non-hydrogen) atoms. The normalized spacial score (nSPS) is 21.5. The van der Waals surface area contributed by atoms with Crippen molar-refractivity contribution in [1.29, 1.82) is 0 Å². The highest BCUT2D eigenvalue weighted by Gasteiger charge is 2.36. The van der Waals surface area contributed by atoms with Gasteiger partial charge in [0.15, 0.2) is 11.6 Å². The predicted molar refractivity (Wildman–Crippen MR) is 154 cm³/mol. The van der Waals surface area contributed by atoms with Crippen LogP contribution in [-0.2, 0) is 16.6 Å². The molecule has 6 rings (SSSR count). The maximum Gasteiger partial charge on any atom is 0.253 e. The number of piperidine rings is 1. The average Bonchev–Trinajstić information content (AvgIpc) is 3.35. The van der Waals surface area contributed by atoms with Gasteiger partial charge in [0.1, 0.15) is 5.82 Å². The minimum Gasteiger partial charge on any atom is -0.381 e. The van der Waals surface area contributed by atoms with Crippen LogP contribution < -0.4 is 10.5 Å². The zero-order valence-electron chi connectivity index (χ0n) is 23.6. The summed E-state index contributed by atoms with van der Waals surface area (Å²) in [5.41, 5.74) is 4.57. The van der Waals surface area contributed by atoms with Crippen molar-refractivity contribution in [1.82, 2.24) is 14.1 Å². The Hall–Kier alpha value is -3.85. The summed E-state index contributed by atoms with van der Waals surface area (Å²) in [5, 5.41) is 0. The standard InChI is InChI=1S/C32H34F2N4O3/c1-19-15-21(18-36(2)32(19)40)20-7-14-28-27(16-20)35-31(38(28)22-8-11-24(41-3)12-9-22)29-5-4-6-30(39)37(29)23-10-13-25(33)26(34)17-23/h7,10,13-18,22,24,29H,4-6,8-9,11-12H2,1-3H3. The molecule has 1 aliphatic heterocycles. The number of carbonyl (C=O) groups excluding carboxylic acids is 1. The van der Waals surface area contributed by atoms with Crippen LogP contribution in [0.15, 0.2) is 53.5 Å². The molecule has 1 atom stereocenters. The van der Waals surface area contributed by atoms with Gasteiger partial charge in [0, 0.05) is 50.1 Å². The number of imidazole rings is 1. The lowest BCUT2D eigenvalue weighted by Gasteiger charge is -2.37. The molecule has 1 amide bonds. The Morgan fingerprint density at radius 1 is 0.927 bits per heavy atom. The van der Waals surface area contributed by atoms with Crippen LogP contribution in [0.4, 0.5) is 14.5 Å². The number of aromatic nitrogens is 3. The van der Waals surface area contributed by atoms with Crippen molar-refractivity contribution in [3.8, 4) is 11.1 Å². The zero-order valence-corrected chi connectivity index (χ0v) is 23.6. The molecule has 214 valence electrons. The minimum absolute atomic E-state index is 0.0349. The van der Waals surface area contributed by atoms with E-state index in [0.717, 1.165) is 65.8 Å². The molecule has 2 aromatic carbocycles. The number of aryl methyl sites for hydroxylation is 2. The Bertz CT molecular complexity index is 1660. The van der Waals surface area contributed by atoms with Crippen molar-refractivity contribution in [2.24, 2.45) is 7.05 Å². The quantitative estimate of drug-likeness (QED) is 0.284. The first kappa shape index (κ1) is 27.3. The summed E-state index contributed by atoms with van der Waals surface area (Å²) in [6.45, 7) is 1.81. The van der Waals surface area contributed by atoms with Crippen molar-refractivity contribution < 1.29 is 18.3 Å². The monoisotopic (exact) mass is 560 g/mol. The van der Waals surface area contributed by atoms with E-state index in [-0.39, 0.29) is 23.6 Å². The molecule has 2 fully saturated rings. The highest BCUT2D eigenvalue weighted by molar-refractivity contribution is 5.95. The molecule has 7 nitrogen and oxygen atoms in total. The lowest BCUT2D eigenvalue weighted by Crippen LogP contribution is -2.40. The van der Waals surface area contributed by atoms with Crippen molar-refractivity contribution in [2.45, 2.75) is 70.1 Å². The minimum atomic E-state index is -0.983. The third kappa shape index (κ3) is 4.96. The molecule has 3 heterocycles. The SMILES string of the molecule is COC1CCC(n2c(C3CCCC(=O)N3c3ccc(F)c(F)c3)nc3cc(-c4cc(C)c(=O)n(C)c4)ccc32)CC1. The number of ether oxygens (including phenoxy) is 1. The van der Waals surface area contributed by atoms with Crippen LogP contribution in [0.25, 0.3) is 22.2 Å². The highest BCUT2D eigenvalue weighted by Crippen LogP contribution is 2.41. The Balaban J connectivity index is 1.50. The van der Waals surface area contributed by atoms with Gasteiger partial charge in [0.25, 0.3) is 5.56 Å². The summed E-state index contributed by atoms with van der Waals surface area (Å²) in [6.07, 6.45) is 7.39. The van der Waals surface area contributed by atoms with Gasteiger partial charge < -0.3 is 18.8 Å². The number of amides is 1. The molecule has 9 heteroatoms. The van der Waals surface area contributed by atoms with E-state index in [9.17, 15) is 18.4 Å². The van der Waals surface area contributed by atoms with Gasteiger partial charge in [-0.15, -0.1) is 0 Å². The molecule has 1 saturated heterocycles. The van der Waals surface area contributed by atoms with Gasteiger partial charge in [-0.05, 0) is 86.9 Å². The molecular weight excluding hydrogens is 526 g/mol. The van der Waals surface area contributed by atoms with Crippen LogP contribution in [0, 0.1) is 18.6 Å². The van der Waals surface area contributed by atoms with Gasteiger partial charge >= 0.3 is 0 Å². The molecule has 1 unspecified atom stereocenters. The number of pyridine rings is 1. The second kappa shape index (κ2) is 10.9. The number of nitrogens with zero attached hydrogens (tertiary/aromatic N) is 4. The van der Waals surface area contributed by atoms with Crippen LogP contribution in [0.3, 0.4) is 0 Å². The molecule has 0 radical (unpaired) electrons. The number of hydrogen-bond acceptors (Lipinski definition) is 4. The number of halogens is 2. The number of benzene rings is 2. The topological polar surface area (TPSA) is 69.4 Å². The van der Waals surface area contributed by atoms with E-state index in [1.165, 1.54) is 6.07 Å². The van der Waals surface area contributed by atoms with Crippen molar-refractivity contribution >= 4 is 22.6 Å². The second-order valence-electron chi connectivity index (χ2n) is 11.3. The summed E-state index contributed by atoms with van der Waals surface area (Å²) in [6, 6.07) is 11.4. The third-order valence-corrected chi connectivity index (χ3v) is 8.68. The van der Waals surface area contributed by atoms with Crippen LogP contribution in [0.5, 0.6) is 0 Å². The van der Waals surface area contributed by atoms with E-state index in [0.29, 0.717) is 30.5 Å². The van der Waals surface area contributed by atoms with E-state index in [1.807, 2.05) is 24.4 Å². The van der Waals surface area contributed by atoms with Gasteiger partial charge in [0.05, 0.1) is 23.2 Å². The van der Waals surface area contributed by atoms with Crippen LogP contribution in [0.2, 0.25) is 0 Å².